The van der Waals surface area contributed by atoms with Crippen LogP contribution in [0, 0.1) is 6.92 Å². The number of halogens is 3. The second kappa shape index (κ2) is 9.55. The zero-order valence-electron chi connectivity index (χ0n) is 14.3. The summed E-state index contributed by atoms with van der Waals surface area (Å²) in [6.45, 7) is 5.23. The first-order valence-corrected chi connectivity index (χ1v) is 8.12. The van der Waals surface area contributed by atoms with Crippen molar-refractivity contribution in [3.63, 3.8) is 0 Å². The predicted molar refractivity (Wildman–Crippen MR) is 97.2 cm³/mol. The van der Waals surface area contributed by atoms with E-state index in [4.69, 9.17) is 0 Å². The van der Waals surface area contributed by atoms with Crippen LogP contribution in [0.3, 0.4) is 0 Å². The van der Waals surface area contributed by atoms with Crippen molar-refractivity contribution in [2.75, 3.05) is 14.1 Å². The molecule has 1 unspecified atom stereocenters. The first-order chi connectivity index (χ1) is 11.8. The molecule has 2 rings (SSSR count). The molecule has 1 atom stereocenters. The fourth-order valence-corrected chi connectivity index (χ4v) is 3.08. The Morgan fingerprint density at radius 2 is 1.80 bits per heavy atom. The first kappa shape index (κ1) is 21.1. The molecule has 8 heteroatoms. The van der Waals surface area contributed by atoms with Gasteiger partial charge in [0, 0.05) is 11.1 Å². The van der Waals surface area contributed by atoms with Crippen LogP contribution in [0.25, 0.3) is 0 Å². The maximum atomic E-state index is 13.5. The first-order valence-electron chi connectivity index (χ1n) is 7.35. The molecule has 0 fully saturated rings. The number of hydrogen-bond donors (Lipinski definition) is 1. The van der Waals surface area contributed by atoms with Crippen molar-refractivity contribution in [1.82, 2.24) is 9.29 Å². The number of aliphatic imine (C=N–C) groups is 1. The summed E-state index contributed by atoms with van der Waals surface area (Å²) in [5.41, 5.74) is 6.13. The topological polar surface area (TPSA) is 54.5 Å². The maximum Gasteiger partial charge on any atom is 0.408 e. The van der Waals surface area contributed by atoms with Gasteiger partial charge in [-0.25, -0.2) is 4.31 Å². The number of alkyl halides is 3. The molecule has 0 radical (unpaired) electrons. The molecule has 0 bridgehead atoms. The number of rotatable bonds is 5. The van der Waals surface area contributed by atoms with Crippen molar-refractivity contribution < 1.29 is 13.2 Å². The van der Waals surface area contributed by atoms with Crippen LogP contribution in [0.15, 0.2) is 52.6 Å². The average molecular weight is 370 g/mol. The van der Waals surface area contributed by atoms with Gasteiger partial charge in [-0.15, -0.1) is 0 Å². The van der Waals surface area contributed by atoms with Crippen molar-refractivity contribution in [2.24, 2.45) is 10.7 Å². The standard InChI is InChI=1S/C16H16F3N3S.CH5N/c1-11-4-6-12(7-5-11)15(16(17,18)19)22(3)23-14-8-13(20-2)9-21-10-14;1-2/h4-10,15H,2H2,1,3H3;2H2,1H3. The summed E-state index contributed by atoms with van der Waals surface area (Å²) in [4.78, 5) is 8.25. The average Bonchev–Trinajstić information content (AvgIpc) is 2.57. The summed E-state index contributed by atoms with van der Waals surface area (Å²) in [6, 6.07) is 6.29. The smallest absolute Gasteiger partial charge is 0.333 e. The van der Waals surface area contributed by atoms with Gasteiger partial charge in [-0.1, -0.05) is 29.8 Å². The van der Waals surface area contributed by atoms with Gasteiger partial charge in [0.1, 0.15) is 6.04 Å². The molecule has 0 aliphatic rings. The fourth-order valence-electron chi connectivity index (χ4n) is 2.12. The number of aryl methyl sites for hydroxylation is 1. The van der Waals surface area contributed by atoms with Gasteiger partial charge in [0.2, 0.25) is 0 Å². The van der Waals surface area contributed by atoms with E-state index in [1.54, 1.807) is 18.2 Å². The van der Waals surface area contributed by atoms with Crippen molar-refractivity contribution in [3.8, 4) is 0 Å². The van der Waals surface area contributed by atoms with Gasteiger partial charge >= 0.3 is 6.18 Å². The number of hydrogen-bond acceptors (Lipinski definition) is 5. The van der Waals surface area contributed by atoms with E-state index in [1.807, 2.05) is 6.92 Å². The van der Waals surface area contributed by atoms with Crippen molar-refractivity contribution in [2.45, 2.75) is 24.0 Å². The number of pyridine rings is 1. The zero-order valence-corrected chi connectivity index (χ0v) is 15.1. The predicted octanol–water partition coefficient (Wildman–Crippen LogP) is 4.54. The Morgan fingerprint density at radius 1 is 1.20 bits per heavy atom. The van der Waals surface area contributed by atoms with Crippen LogP contribution in [0.5, 0.6) is 0 Å². The van der Waals surface area contributed by atoms with Crippen LogP contribution in [-0.4, -0.2) is 36.3 Å². The van der Waals surface area contributed by atoms with E-state index in [0.717, 1.165) is 17.5 Å². The number of benzene rings is 1. The Hall–Kier alpha value is -1.90. The molecule has 0 amide bonds. The molecule has 136 valence electrons. The van der Waals surface area contributed by atoms with Gasteiger partial charge in [0.25, 0.3) is 0 Å². The third-order valence-corrected chi connectivity index (χ3v) is 4.13. The van der Waals surface area contributed by atoms with Crippen LogP contribution < -0.4 is 5.73 Å². The molecule has 0 saturated carbocycles. The van der Waals surface area contributed by atoms with Crippen molar-refractivity contribution in [1.29, 1.82) is 0 Å². The zero-order chi connectivity index (χ0) is 19.0. The molecule has 1 heterocycles. The van der Waals surface area contributed by atoms with E-state index in [-0.39, 0.29) is 5.56 Å². The Morgan fingerprint density at radius 3 is 2.32 bits per heavy atom. The molecule has 2 N–H and O–H groups in total. The molecule has 0 saturated heterocycles. The van der Waals surface area contributed by atoms with Crippen LogP contribution in [-0.2, 0) is 0 Å². The van der Waals surface area contributed by atoms with Crippen LogP contribution in [0.1, 0.15) is 17.2 Å². The number of nitrogens with two attached hydrogens (primary N) is 1. The summed E-state index contributed by atoms with van der Waals surface area (Å²) in [7, 11) is 2.91. The molecular formula is C17H21F3N4S. The highest BCUT2D eigenvalue weighted by atomic mass is 32.2. The molecule has 0 aliphatic heterocycles. The molecule has 0 spiro atoms. The second-order valence-corrected chi connectivity index (χ2v) is 6.26. The van der Waals surface area contributed by atoms with Gasteiger partial charge < -0.3 is 5.73 Å². The third-order valence-electron chi connectivity index (χ3n) is 3.20. The van der Waals surface area contributed by atoms with Gasteiger partial charge in [-0.3, -0.25) is 9.98 Å². The van der Waals surface area contributed by atoms with E-state index in [2.05, 4.69) is 22.4 Å². The van der Waals surface area contributed by atoms with E-state index < -0.39 is 12.2 Å². The third kappa shape index (κ3) is 6.15. The van der Waals surface area contributed by atoms with Crippen molar-refractivity contribution >= 4 is 24.4 Å². The Balaban J connectivity index is 0.00000151. The van der Waals surface area contributed by atoms with Crippen LogP contribution in [0.2, 0.25) is 0 Å². The van der Waals surface area contributed by atoms with E-state index in [1.165, 1.54) is 42.9 Å². The van der Waals surface area contributed by atoms with Crippen molar-refractivity contribution in [3.05, 3.63) is 53.9 Å². The lowest BCUT2D eigenvalue weighted by Crippen LogP contribution is -2.31. The van der Waals surface area contributed by atoms with Gasteiger partial charge in [0.15, 0.2) is 0 Å². The van der Waals surface area contributed by atoms with Gasteiger partial charge in [0.05, 0.1) is 11.9 Å². The lowest BCUT2D eigenvalue weighted by Gasteiger charge is -2.29. The van der Waals surface area contributed by atoms with Gasteiger partial charge in [-0.05, 0) is 51.3 Å². The molecule has 4 nitrogen and oxygen atoms in total. The molecule has 1 aromatic carbocycles. The molecule has 1 aromatic heterocycles. The highest BCUT2D eigenvalue weighted by Gasteiger charge is 2.44. The summed E-state index contributed by atoms with van der Waals surface area (Å²) < 4.78 is 41.7. The Kier molecular flexibility index (Phi) is 8.08. The normalized spacial score (nSPS) is 12.3. The number of nitrogens with zero attached hydrogens (tertiary/aromatic N) is 3. The highest BCUT2D eigenvalue weighted by Crippen LogP contribution is 2.41. The monoisotopic (exact) mass is 370 g/mol. The quantitative estimate of drug-likeness (QED) is 0.620. The largest absolute Gasteiger partial charge is 0.408 e. The highest BCUT2D eigenvalue weighted by molar-refractivity contribution is 7.97. The van der Waals surface area contributed by atoms with Crippen LogP contribution in [0.4, 0.5) is 18.9 Å². The molecule has 25 heavy (non-hydrogen) atoms. The Bertz CT molecular complexity index is 674. The lowest BCUT2D eigenvalue weighted by molar-refractivity contribution is -0.169. The van der Waals surface area contributed by atoms with Crippen LogP contribution >= 0.6 is 11.9 Å². The summed E-state index contributed by atoms with van der Waals surface area (Å²) in [6.07, 6.45) is -1.39. The minimum absolute atomic E-state index is 0.198. The maximum absolute atomic E-state index is 13.5. The van der Waals surface area contributed by atoms with E-state index in [9.17, 15) is 13.2 Å². The lowest BCUT2D eigenvalue weighted by atomic mass is 10.1. The Labute approximate surface area is 150 Å². The fraction of sp³-hybridized carbons (Fsp3) is 0.294. The second-order valence-electron chi connectivity index (χ2n) is 5.03. The molecular weight excluding hydrogens is 349 g/mol. The minimum Gasteiger partial charge on any atom is -0.333 e. The summed E-state index contributed by atoms with van der Waals surface area (Å²) >= 11 is 0.970. The minimum atomic E-state index is -4.39. The molecule has 2 aromatic rings. The number of aromatic nitrogens is 1. The van der Waals surface area contributed by atoms with E-state index in [0.29, 0.717) is 10.6 Å². The SMILES string of the molecule is C=Nc1cncc(SN(C)C(c2ccc(C)cc2)C(F)(F)F)c1.CN. The summed E-state index contributed by atoms with van der Waals surface area (Å²) in [5.74, 6) is 0. The summed E-state index contributed by atoms with van der Waals surface area (Å²) in [5, 5.41) is 0. The van der Waals surface area contributed by atoms with E-state index >= 15 is 0 Å². The van der Waals surface area contributed by atoms with Gasteiger partial charge in [-0.2, -0.15) is 13.2 Å². The molecule has 0 aliphatic carbocycles.